The van der Waals surface area contributed by atoms with Crippen LogP contribution in [0, 0.1) is 5.92 Å². The van der Waals surface area contributed by atoms with E-state index >= 15 is 0 Å². The van der Waals surface area contributed by atoms with Crippen LogP contribution in [0.25, 0.3) is 0 Å². The van der Waals surface area contributed by atoms with Crippen molar-refractivity contribution in [3.05, 3.63) is 52.2 Å². The van der Waals surface area contributed by atoms with Crippen LogP contribution in [0.1, 0.15) is 39.8 Å². The molecule has 2 amide bonds. The summed E-state index contributed by atoms with van der Waals surface area (Å²) in [6.07, 6.45) is 2.21. The van der Waals surface area contributed by atoms with Crippen LogP contribution in [0.3, 0.4) is 0 Å². The second-order valence-corrected chi connectivity index (χ2v) is 7.30. The van der Waals surface area contributed by atoms with Gasteiger partial charge in [0.25, 0.3) is 11.8 Å². The third kappa shape index (κ3) is 3.36. The number of carbonyl (C=O) groups excluding carboxylic acids is 2. The second kappa shape index (κ2) is 7.18. The molecule has 1 atom stereocenters. The molecule has 1 saturated heterocycles. The third-order valence-corrected chi connectivity index (χ3v) is 5.33. The molecule has 24 heavy (non-hydrogen) atoms. The van der Waals surface area contributed by atoms with Crippen molar-refractivity contribution in [3.63, 3.8) is 0 Å². The van der Waals surface area contributed by atoms with E-state index in [0.717, 1.165) is 19.5 Å². The summed E-state index contributed by atoms with van der Waals surface area (Å²) in [4.78, 5) is 29.8. The first kappa shape index (κ1) is 16.7. The van der Waals surface area contributed by atoms with E-state index in [1.54, 1.807) is 18.0 Å². The molecule has 0 spiro atoms. The van der Waals surface area contributed by atoms with Gasteiger partial charge in [-0.05, 0) is 42.3 Å². The Labute approximate surface area is 146 Å². The van der Waals surface area contributed by atoms with E-state index in [1.807, 2.05) is 40.6 Å². The number of thiophene rings is 1. The molecule has 1 aliphatic rings. The lowest BCUT2D eigenvalue weighted by atomic mass is 9.99. The van der Waals surface area contributed by atoms with E-state index < -0.39 is 0 Å². The van der Waals surface area contributed by atoms with Gasteiger partial charge < -0.3 is 9.80 Å². The molecule has 3 rings (SSSR count). The monoisotopic (exact) mass is 342 g/mol. The predicted octanol–water partition coefficient (Wildman–Crippen LogP) is 3.90. The number of carbonyl (C=O) groups is 2. The Morgan fingerprint density at radius 1 is 1.21 bits per heavy atom. The number of piperidine rings is 1. The minimum atomic E-state index is -0.0859. The zero-order chi connectivity index (χ0) is 17.1. The van der Waals surface area contributed by atoms with Crippen LogP contribution in [0.4, 0.5) is 5.69 Å². The average molecular weight is 342 g/mol. The van der Waals surface area contributed by atoms with Crippen molar-refractivity contribution >= 4 is 28.8 Å². The van der Waals surface area contributed by atoms with E-state index in [2.05, 4.69) is 6.92 Å². The van der Waals surface area contributed by atoms with Crippen molar-refractivity contribution in [2.45, 2.75) is 19.8 Å². The fourth-order valence-electron chi connectivity index (χ4n) is 3.17. The van der Waals surface area contributed by atoms with Crippen molar-refractivity contribution in [1.82, 2.24) is 4.90 Å². The SMILES string of the molecule is C[C@H]1CCCN(C(=O)c2ccccc2N(C)C(=O)c2cccs2)C1. The standard InChI is InChI=1S/C19H22N2O2S/c1-14-7-5-11-21(13-14)18(22)15-8-3-4-9-16(15)20(2)19(23)17-10-6-12-24-17/h3-4,6,8-10,12,14H,5,7,11,13H2,1-2H3/t14-/m0/s1. The topological polar surface area (TPSA) is 40.6 Å². The van der Waals surface area contributed by atoms with Crippen LogP contribution in [-0.4, -0.2) is 36.9 Å². The lowest BCUT2D eigenvalue weighted by molar-refractivity contribution is 0.0684. The lowest BCUT2D eigenvalue weighted by Crippen LogP contribution is -2.40. The summed E-state index contributed by atoms with van der Waals surface area (Å²) in [5.74, 6) is 0.459. The summed E-state index contributed by atoms with van der Waals surface area (Å²) in [5, 5.41) is 1.88. The number of benzene rings is 1. The molecular weight excluding hydrogens is 320 g/mol. The van der Waals surface area contributed by atoms with Crippen LogP contribution in [0.5, 0.6) is 0 Å². The van der Waals surface area contributed by atoms with Crippen LogP contribution in [0.2, 0.25) is 0 Å². The molecule has 2 heterocycles. The molecule has 0 bridgehead atoms. The van der Waals surface area contributed by atoms with Gasteiger partial charge in [-0.2, -0.15) is 0 Å². The minimum Gasteiger partial charge on any atom is -0.338 e. The zero-order valence-corrected chi connectivity index (χ0v) is 14.9. The summed E-state index contributed by atoms with van der Waals surface area (Å²) < 4.78 is 0. The first-order chi connectivity index (χ1) is 11.6. The van der Waals surface area contributed by atoms with E-state index in [9.17, 15) is 9.59 Å². The number of para-hydroxylation sites is 1. The molecule has 0 unspecified atom stereocenters. The molecule has 0 radical (unpaired) electrons. The molecule has 2 aromatic rings. The van der Waals surface area contributed by atoms with Gasteiger partial charge in [0.05, 0.1) is 16.1 Å². The molecule has 0 saturated carbocycles. The van der Waals surface area contributed by atoms with E-state index in [0.29, 0.717) is 22.0 Å². The quantitative estimate of drug-likeness (QED) is 0.849. The maximum absolute atomic E-state index is 13.0. The summed E-state index contributed by atoms with van der Waals surface area (Å²) in [7, 11) is 1.73. The van der Waals surface area contributed by atoms with E-state index in [4.69, 9.17) is 0 Å². The summed E-state index contributed by atoms with van der Waals surface area (Å²) in [6, 6.07) is 11.0. The molecule has 1 aliphatic heterocycles. The molecule has 5 heteroatoms. The second-order valence-electron chi connectivity index (χ2n) is 6.36. The van der Waals surface area contributed by atoms with Crippen molar-refractivity contribution < 1.29 is 9.59 Å². The first-order valence-corrected chi connectivity index (χ1v) is 9.15. The Balaban J connectivity index is 1.87. The minimum absolute atomic E-state index is 0.0166. The van der Waals surface area contributed by atoms with Gasteiger partial charge in [-0.3, -0.25) is 9.59 Å². The Morgan fingerprint density at radius 3 is 2.71 bits per heavy atom. The number of hydrogen-bond acceptors (Lipinski definition) is 3. The number of hydrogen-bond donors (Lipinski definition) is 0. The Bertz CT molecular complexity index is 727. The van der Waals surface area contributed by atoms with Crippen molar-refractivity contribution in [3.8, 4) is 0 Å². The summed E-state index contributed by atoms with van der Waals surface area (Å²) in [6.45, 7) is 3.76. The Hall–Kier alpha value is -2.14. The highest BCUT2D eigenvalue weighted by atomic mass is 32.1. The first-order valence-electron chi connectivity index (χ1n) is 8.28. The van der Waals surface area contributed by atoms with Crippen molar-refractivity contribution in [2.75, 3.05) is 25.0 Å². The zero-order valence-electron chi connectivity index (χ0n) is 14.1. The fraction of sp³-hybridized carbons (Fsp3) is 0.368. The van der Waals surface area contributed by atoms with Crippen LogP contribution < -0.4 is 4.90 Å². The van der Waals surface area contributed by atoms with Crippen molar-refractivity contribution in [2.24, 2.45) is 5.92 Å². The van der Waals surface area contributed by atoms with Gasteiger partial charge >= 0.3 is 0 Å². The maximum Gasteiger partial charge on any atom is 0.268 e. The molecule has 0 aliphatic carbocycles. The summed E-state index contributed by atoms with van der Waals surface area (Å²) in [5.41, 5.74) is 1.26. The predicted molar refractivity (Wildman–Crippen MR) is 97.8 cm³/mol. The number of rotatable bonds is 3. The lowest BCUT2D eigenvalue weighted by Gasteiger charge is -2.32. The average Bonchev–Trinajstić information content (AvgIpc) is 3.14. The third-order valence-electron chi connectivity index (χ3n) is 4.48. The molecule has 1 fully saturated rings. The van der Waals surface area contributed by atoms with Crippen LogP contribution in [-0.2, 0) is 0 Å². The highest BCUT2D eigenvalue weighted by molar-refractivity contribution is 7.12. The number of likely N-dealkylation sites (tertiary alicyclic amines) is 1. The van der Waals surface area contributed by atoms with Crippen molar-refractivity contribution in [1.29, 1.82) is 0 Å². The van der Waals surface area contributed by atoms with Crippen LogP contribution >= 0.6 is 11.3 Å². The molecule has 1 aromatic heterocycles. The molecule has 126 valence electrons. The largest absolute Gasteiger partial charge is 0.338 e. The molecular formula is C19H22N2O2S. The Kier molecular flexibility index (Phi) is 5.00. The summed E-state index contributed by atoms with van der Waals surface area (Å²) >= 11 is 1.41. The van der Waals surface area contributed by atoms with Gasteiger partial charge in [0.2, 0.25) is 0 Å². The van der Waals surface area contributed by atoms with Gasteiger partial charge in [-0.25, -0.2) is 0 Å². The van der Waals surface area contributed by atoms with E-state index in [1.165, 1.54) is 17.8 Å². The highest BCUT2D eigenvalue weighted by Gasteiger charge is 2.26. The smallest absolute Gasteiger partial charge is 0.268 e. The number of anilines is 1. The van der Waals surface area contributed by atoms with Gasteiger partial charge in [0, 0.05) is 20.1 Å². The van der Waals surface area contributed by atoms with Gasteiger partial charge in [-0.1, -0.05) is 25.1 Å². The molecule has 0 N–H and O–H groups in total. The van der Waals surface area contributed by atoms with Gasteiger partial charge in [0.1, 0.15) is 0 Å². The van der Waals surface area contributed by atoms with Crippen LogP contribution in [0.15, 0.2) is 41.8 Å². The Morgan fingerprint density at radius 2 is 2.00 bits per heavy atom. The highest BCUT2D eigenvalue weighted by Crippen LogP contribution is 2.26. The van der Waals surface area contributed by atoms with E-state index in [-0.39, 0.29) is 11.8 Å². The number of nitrogens with zero attached hydrogens (tertiary/aromatic N) is 2. The molecule has 1 aromatic carbocycles. The fourth-order valence-corrected chi connectivity index (χ4v) is 3.86. The molecule has 4 nitrogen and oxygen atoms in total. The number of amides is 2. The maximum atomic E-state index is 13.0. The normalized spacial score (nSPS) is 17.6. The van der Waals surface area contributed by atoms with Gasteiger partial charge in [0.15, 0.2) is 0 Å². The van der Waals surface area contributed by atoms with Gasteiger partial charge in [-0.15, -0.1) is 11.3 Å².